The van der Waals surface area contributed by atoms with Crippen LogP contribution < -0.4 is 0 Å². The molecule has 1 aromatic rings. The van der Waals surface area contributed by atoms with Crippen molar-refractivity contribution in [1.82, 2.24) is 4.98 Å². The van der Waals surface area contributed by atoms with E-state index < -0.39 is 11.9 Å². The minimum Gasteiger partial charge on any atom is -0.481 e. The van der Waals surface area contributed by atoms with Crippen molar-refractivity contribution in [2.75, 3.05) is 18.1 Å². The van der Waals surface area contributed by atoms with Crippen molar-refractivity contribution in [1.29, 1.82) is 0 Å². The third-order valence-corrected chi connectivity index (χ3v) is 3.85. The molecule has 0 fully saturated rings. The number of nitrogens with one attached hydrogen (secondary N) is 1. The quantitative estimate of drug-likeness (QED) is 0.434. The van der Waals surface area contributed by atoms with Gasteiger partial charge in [-0.3, -0.25) is 9.59 Å². The number of carboxylic acids is 1. The Kier molecular flexibility index (Phi) is 6.48. The number of esters is 1. The summed E-state index contributed by atoms with van der Waals surface area (Å²) in [5.41, 5.74) is 1.97. The number of Topliss-reactive ketones (excluding diaryl/α,β-unsaturated/α-hetero) is 1. The van der Waals surface area contributed by atoms with Crippen molar-refractivity contribution in [3.8, 4) is 0 Å². The van der Waals surface area contributed by atoms with Crippen LogP contribution in [0.5, 0.6) is 0 Å². The fourth-order valence-electron chi connectivity index (χ4n) is 1.93. The predicted molar refractivity (Wildman–Crippen MR) is 80.1 cm³/mol. The highest BCUT2D eigenvalue weighted by molar-refractivity contribution is 8.00. The van der Waals surface area contributed by atoms with E-state index >= 15 is 0 Å². The number of aromatic nitrogens is 1. The van der Waals surface area contributed by atoms with Crippen molar-refractivity contribution in [2.45, 2.75) is 27.2 Å². The monoisotopic (exact) mass is 313 g/mol. The summed E-state index contributed by atoms with van der Waals surface area (Å²) in [5.74, 6) is -0.921. The third kappa shape index (κ3) is 4.63. The molecular weight excluding hydrogens is 294 g/mol. The van der Waals surface area contributed by atoms with Gasteiger partial charge < -0.3 is 14.8 Å². The maximum absolute atomic E-state index is 12.1. The molecule has 116 valence electrons. The SMILES string of the molecule is CCOC(=O)c1c(C)[nH]c(C(=O)CSCCC(=O)O)c1C. The second-order valence-corrected chi connectivity index (χ2v) is 5.57. The van der Waals surface area contributed by atoms with Crippen molar-refractivity contribution in [3.05, 3.63) is 22.5 Å². The van der Waals surface area contributed by atoms with Gasteiger partial charge in [-0.15, -0.1) is 0 Å². The fourth-order valence-corrected chi connectivity index (χ4v) is 2.73. The van der Waals surface area contributed by atoms with Crippen LogP contribution in [0.3, 0.4) is 0 Å². The second kappa shape index (κ2) is 7.87. The molecule has 1 aromatic heterocycles. The number of carbonyl (C=O) groups is 3. The number of H-pyrrole nitrogens is 1. The lowest BCUT2D eigenvalue weighted by molar-refractivity contribution is -0.136. The number of ketones is 1. The Morgan fingerprint density at radius 2 is 1.95 bits per heavy atom. The van der Waals surface area contributed by atoms with Gasteiger partial charge in [-0.1, -0.05) is 0 Å². The summed E-state index contributed by atoms with van der Waals surface area (Å²) < 4.78 is 4.97. The molecule has 0 bridgehead atoms. The van der Waals surface area contributed by atoms with Crippen molar-refractivity contribution < 1.29 is 24.2 Å². The normalized spacial score (nSPS) is 10.4. The Morgan fingerprint density at radius 3 is 2.52 bits per heavy atom. The van der Waals surface area contributed by atoms with Crippen LogP contribution in [-0.2, 0) is 9.53 Å². The smallest absolute Gasteiger partial charge is 0.340 e. The standard InChI is InChI=1S/C14H19NO5S/c1-4-20-14(19)12-8(2)13(15-9(12)3)10(16)7-21-6-5-11(17)18/h15H,4-7H2,1-3H3,(H,17,18). The first-order valence-corrected chi connectivity index (χ1v) is 7.73. The maximum Gasteiger partial charge on any atom is 0.340 e. The van der Waals surface area contributed by atoms with E-state index in [1.54, 1.807) is 20.8 Å². The van der Waals surface area contributed by atoms with E-state index in [1.807, 2.05) is 0 Å². The summed E-state index contributed by atoms with van der Waals surface area (Å²) in [4.78, 5) is 37.3. The van der Waals surface area contributed by atoms with E-state index in [2.05, 4.69) is 4.98 Å². The van der Waals surface area contributed by atoms with Gasteiger partial charge in [0.15, 0.2) is 5.78 Å². The lowest BCUT2D eigenvalue weighted by Gasteiger charge is -2.03. The molecule has 0 amide bonds. The number of hydrogen-bond acceptors (Lipinski definition) is 5. The average molecular weight is 313 g/mol. The zero-order chi connectivity index (χ0) is 16.0. The Hall–Kier alpha value is -1.76. The molecule has 21 heavy (non-hydrogen) atoms. The van der Waals surface area contributed by atoms with Crippen LogP contribution in [0.4, 0.5) is 0 Å². The van der Waals surface area contributed by atoms with Gasteiger partial charge >= 0.3 is 11.9 Å². The average Bonchev–Trinajstić information content (AvgIpc) is 2.70. The molecule has 0 unspecified atom stereocenters. The molecule has 0 aliphatic heterocycles. The highest BCUT2D eigenvalue weighted by Gasteiger charge is 2.22. The summed E-state index contributed by atoms with van der Waals surface area (Å²) in [5, 5.41) is 8.54. The van der Waals surface area contributed by atoms with E-state index in [1.165, 1.54) is 11.8 Å². The van der Waals surface area contributed by atoms with E-state index in [4.69, 9.17) is 9.84 Å². The van der Waals surface area contributed by atoms with Gasteiger partial charge in [-0.25, -0.2) is 4.79 Å². The minimum atomic E-state index is -0.883. The number of aryl methyl sites for hydroxylation is 1. The molecule has 0 saturated heterocycles. The maximum atomic E-state index is 12.1. The number of aliphatic carboxylic acids is 1. The van der Waals surface area contributed by atoms with Crippen LogP contribution in [0.25, 0.3) is 0 Å². The van der Waals surface area contributed by atoms with E-state index in [9.17, 15) is 14.4 Å². The molecule has 2 N–H and O–H groups in total. The van der Waals surface area contributed by atoms with Crippen LogP contribution in [0, 0.1) is 13.8 Å². The Balaban J connectivity index is 2.75. The van der Waals surface area contributed by atoms with E-state index in [0.29, 0.717) is 28.3 Å². The first-order valence-electron chi connectivity index (χ1n) is 6.57. The summed E-state index contributed by atoms with van der Waals surface area (Å²) in [6.07, 6.45) is 0.0226. The number of thioether (sulfide) groups is 1. The Morgan fingerprint density at radius 1 is 1.29 bits per heavy atom. The fraction of sp³-hybridized carbons (Fsp3) is 0.500. The summed E-state index contributed by atoms with van der Waals surface area (Å²) in [6, 6.07) is 0. The van der Waals surface area contributed by atoms with Crippen LogP contribution in [0.15, 0.2) is 0 Å². The van der Waals surface area contributed by atoms with Gasteiger partial charge in [0.2, 0.25) is 0 Å². The predicted octanol–water partition coefficient (Wildman–Crippen LogP) is 2.20. The topological polar surface area (TPSA) is 96.5 Å². The van der Waals surface area contributed by atoms with Crippen LogP contribution in [0.1, 0.15) is 45.4 Å². The highest BCUT2D eigenvalue weighted by Crippen LogP contribution is 2.20. The minimum absolute atomic E-state index is 0.0226. The molecule has 0 saturated carbocycles. The molecule has 0 spiro atoms. The van der Waals surface area contributed by atoms with Crippen molar-refractivity contribution in [3.63, 3.8) is 0 Å². The molecule has 0 aliphatic rings. The van der Waals surface area contributed by atoms with Crippen molar-refractivity contribution >= 4 is 29.5 Å². The van der Waals surface area contributed by atoms with Crippen LogP contribution in [0.2, 0.25) is 0 Å². The lowest BCUT2D eigenvalue weighted by atomic mass is 10.1. The number of hydrogen-bond donors (Lipinski definition) is 2. The number of aromatic amines is 1. The van der Waals surface area contributed by atoms with E-state index in [0.717, 1.165) is 0 Å². The number of carbonyl (C=O) groups excluding carboxylic acids is 2. The Bertz CT molecular complexity index is 550. The lowest BCUT2D eigenvalue weighted by Crippen LogP contribution is -2.09. The van der Waals surface area contributed by atoms with Gasteiger partial charge in [-0.05, 0) is 26.3 Å². The van der Waals surface area contributed by atoms with Gasteiger partial charge in [0.05, 0.1) is 30.0 Å². The first kappa shape index (κ1) is 17.3. The third-order valence-electron chi connectivity index (χ3n) is 2.89. The molecule has 1 heterocycles. The number of ether oxygens (including phenoxy) is 1. The molecule has 0 radical (unpaired) electrons. The number of rotatable bonds is 8. The van der Waals surface area contributed by atoms with Gasteiger partial charge in [0.25, 0.3) is 0 Å². The molecular formula is C14H19NO5S. The largest absolute Gasteiger partial charge is 0.481 e. The molecule has 1 rings (SSSR count). The number of carboxylic acid groups (broad SMARTS) is 1. The molecule has 6 nitrogen and oxygen atoms in total. The summed E-state index contributed by atoms with van der Waals surface area (Å²) in [6.45, 7) is 5.41. The van der Waals surface area contributed by atoms with Crippen LogP contribution >= 0.6 is 11.8 Å². The molecule has 7 heteroatoms. The Labute approximate surface area is 127 Å². The zero-order valence-corrected chi connectivity index (χ0v) is 13.1. The van der Waals surface area contributed by atoms with Crippen molar-refractivity contribution in [2.24, 2.45) is 0 Å². The molecule has 0 aliphatic carbocycles. The highest BCUT2D eigenvalue weighted by atomic mass is 32.2. The van der Waals surface area contributed by atoms with Crippen LogP contribution in [-0.4, -0.2) is 45.9 Å². The van der Waals surface area contributed by atoms with E-state index in [-0.39, 0.29) is 24.6 Å². The zero-order valence-electron chi connectivity index (χ0n) is 12.3. The first-order chi connectivity index (χ1) is 9.88. The van der Waals surface area contributed by atoms with Gasteiger partial charge in [0.1, 0.15) is 0 Å². The molecule has 0 atom stereocenters. The van der Waals surface area contributed by atoms with Gasteiger partial charge in [-0.2, -0.15) is 11.8 Å². The second-order valence-electron chi connectivity index (χ2n) is 4.46. The summed E-state index contributed by atoms with van der Waals surface area (Å²) >= 11 is 1.26. The van der Waals surface area contributed by atoms with Gasteiger partial charge in [0, 0.05) is 11.4 Å². The summed E-state index contributed by atoms with van der Waals surface area (Å²) in [7, 11) is 0. The molecule has 0 aromatic carbocycles.